The third-order valence-corrected chi connectivity index (χ3v) is 3.77. The number of hydrogen-bond acceptors (Lipinski definition) is 6. The average Bonchev–Trinajstić information content (AvgIpc) is 3.12. The normalized spacial score (nSPS) is 12.2. The van der Waals surface area contributed by atoms with Crippen LogP contribution >= 0.6 is 0 Å². The van der Waals surface area contributed by atoms with Crippen LogP contribution in [0.15, 0.2) is 41.5 Å². The lowest BCUT2D eigenvalue weighted by Crippen LogP contribution is -2.19. The predicted octanol–water partition coefficient (Wildman–Crippen LogP) is 2.91. The van der Waals surface area contributed by atoms with E-state index in [0.717, 1.165) is 11.1 Å². The summed E-state index contributed by atoms with van der Waals surface area (Å²) in [7, 11) is 0. The summed E-state index contributed by atoms with van der Waals surface area (Å²) < 4.78 is 21.7. The van der Waals surface area contributed by atoms with E-state index >= 15 is 0 Å². The van der Waals surface area contributed by atoms with Gasteiger partial charge >= 0.3 is 0 Å². The monoisotopic (exact) mass is 370 g/mol. The molecular weight excluding hydrogens is 348 g/mol. The van der Waals surface area contributed by atoms with E-state index < -0.39 is 0 Å². The minimum Gasteiger partial charge on any atom is -0.490 e. The molecule has 1 heterocycles. The van der Waals surface area contributed by atoms with Crippen LogP contribution in [0.5, 0.6) is 23.0 Å². The largest absolute Gasteiger partial charge is 0.490 e. The number of hydrogen-bond donors (Lipinski definition) is 1. The van der Waals surface area contributed by atoms with Crippen molar-refractivity contribution in [3.05, 3.63) is 47.5 Å². The molecule has 0 bridgehead atoms. The molecule has 0 spiro atoms. The fourth-order valence-corrected chi connectivity index (χ4v) is 2.60. The Morgan fingerprint density at radius 3 is 2.67 bits per heavy atom. The molecule has 0 fully saturated rings. The summed E-state index contributed by atoms with van der Waals surface area (Å²) in [5, 5.41) is 4.01. The minimum atomic E-state index is -0.221. The Labute approximate surface area is 157 Å². The smallest absolute Gasteiger partial charge is 0.244 e. The zero-order valence-electron chi connectivity index (χ0n) is 15.4. The second kappa shape index (κ2) is 8.93. The highest BCUT2D eigenvalue weighted by Crippen LogP contribution is 2.32. The number of nitrogens with one attached hydrogen (secondary N) is 1. The number of nitrogens with zero attached hydrogens (tertiary/aromatic N) is 1. The van der Waals surface area contributed by atoms with E-state index in [0.29, 0.717) is 36.2 Å². The van der Waals surface area contributed by atoms with Crippen LogP contribution in [-0.2, 0) is 11.2 Å². The van der Waals surface area contributed by atoms with Crippen molar-refractivity contribution < 1.29 is 23.7 Å². The van der Waals surface area contributed by atoms with Crippen LogP contribution in [0.4, 0.5) is 0 Å². The zero-order chi connectivity index (χ0) is 19.1. The molecule has 0 aliphatic carbocycles. The van der Waals surface area contributed by atoms with Crippen molar-refractivity contribution in [1.29, 1.82) is 0 Å². The van der Waals surface area contributed by atoms with Gasteiger partial charge in [0, 0.05) is 0 Å². The molecule has 142 valence electrons. The van der Waals surface area contributed by atoms with Gasteiger partial charge in [0.1, 0.15) is 0 Å². The first-order chi connectivity index (χ1) is 13.2. The highest BCUT2D eigenvalue weighted by Gasteiger charge is 2.14. The molecule has 0 radical (unpaired) electrons. The molecule has 1 N–H and O–H groups in total. The number of fused-ring (bicyclic) bond motifs is 1. The van der Waals surface area contributed by atoms with Gasteiger partial charge in [-0.05, 0) is 55.3 Å². The van der Waals surface area contributed by atoms with Crippen LogP contribution in [0.1, 0.15) is 25.0 Å². The number of rotatable bonds is 8. The first-order valence-electron chi connectivity index (χ1n) is 8.79. The first-order valence-corrected chi connectivity index (χ1v) is 8.79. The third-order valence-electron chi connectivity index (χ3n) is 3.77. The molecule has 7 heteroatoms. The third kappa shape index (κ3) is 4.91. The van der Waals surface area contributed by atoms with Crippen LogP contribution in [0.2, 0.25) is 0 Å². The van der Waals surface area contributed by atoms with E-state index in [-0.39, 0.29) is 19.1 Å². The second-order valence-electron chi connectivity index (χ2n) is 5.73. The molecule has 2 aromatic carbocycles. The fraction of sp³-hybridized carbons (Fsp3) is 0.300. The molecule has 1 aliphatic rings. The highest BCUT2D eigenvalue weighted by atomic mass is 16.7. The van der Waals surface area contributed by atoms with Crippen molar-refractivity contribution in [3.8, 4) is 23.0 Å². The predicted molar refractivity (Wildman–Crippen MR) is 101 cm³/mol. The number of ether oxygens (including phenoxy) is 4. The van der Waals surface area contributed by atoms with Crippen molar-refractivity contribution in [3.63, 3.8) is 0 Å². The van der Waals surface area contributed by atoms with Gasteiger partial charge in [-0.2, -0.15) is 5.10 Å². The SMILES string of the molecule is CCOc1ccc(/C=N\NC(=O)Cc2ccc3c(c2)OCO3)cc1OCC. The molecule has 2 aromatic rings. The summed E-state index contributed by atoms with van der Waals surface area (Å²) >= 11 is 0. The van der Waals surface area contributed by atoms with Crippen molar-refractivity contribution in [2.75, 3.05) is 20.0 Å². The van der Waals surface area contributed by atoms with Crippen molar-refractivity contribution in [2.45, 2.75) is 20.3 Å². The van der Waals surface area contributed by atoms with E-state index in [1.807, 2.05) is 38.1 Å². The quantitative estimate of drug-likeness (QED) is 0.571. The molecule has 27 heavy (non-hydrogen) atoms. The Bertz CT molecular complexity index is 835. The Hall–Kier alpha value is -3.22. The Morgan fingerprint density at radius 2 is 1.85 bits per heavy atom. The summed E-state index contributed by atoms with van der Waals surface area (Å²) in [6, 6.07) is 10.9. The fourth-order valence-electron chi connectivity index (χ4n) is 2.60. The molecule has 0 saturated carbocycles. The summed E-state index contributed by atoms with van der Waals surface area (Å²) in [5.41, 5.74) is 4.15. The van der Waals surface area contributed by atoms with Gasteiger partial charge in [0.05, 0.1) is 25.8 Å². The summed E-state index contributed by atoms with van der Waals surface area (Å²) in [6.07, 6.45) is 1.76. The van der Waals surface area contributed by atoms with Crippen LogP contribution in [0, 0.1) is 0 Å². The van der Waals surface area contributed by atoms with Crippen molar-refractivity contribution in [1.82, 2.24) is 5.43 Å². The van der Waals surface area contributed by atoms with Crippen LogP contribution in [0.3, 0.4) is 0 Å². The molecule has 7 nitrogen and oxygen atoms in total. The zero-order valence-corrected chi connectivity index (χ0v) is 15.4. The number of amides is 1. The first kappa shape index (κ1) is 18.6. The molecule has 3 rings (SSSR count). The highest BCUT2D eigenvalue weighted by molar-refractivity contribution is 5.84. The summed E-state index contributed by atoms with van der Waals surface area (Å²) in [5.74, 6) is 2.46. The number of benzene rings is 2. The van der Waals surface area contributed by atoms with Gasteiger partial charge < -0.3 is 18.9 Å². The van der Waals surface area contributed by atoms with E-state index in [1.54, 1.807) is 18.3 Å². The molecule has 0 atom stereocenters. The lowest BCUT2D eigenvalue weighted by atomic mass is 10.1. The number of carbonyl (C=O) groups is 1. The standard InChI is InChI=1S/C20H22N2O5/c1-3-24-16-8-6-15(10-18(16)25-4-2)12-21-22-20(23)11-14-5-7-17-19(9-14)27-13-26-17/h5-10,12H,3-4,11,13H2,1-2H3,(H,22,23)/b21-12-. The maximum atomic E-state index is 12.1. The van der Waals surface area contributed by atoms with Crippen molar-refractivity contribution in [2.24, 2.45) is 5.10 Å². The van der Waals surface area contributed by atoms with Crippen LogP contribution < -0.4 is 24.4 Å². The lowest BCUT2D eigenvalue weighted by molar-refractivity contribution is -0.120. The van der Waals surface area contributed by atoms with E-state index in [1.165, 1.54) is 0 Å². The van der Waals surface area contributed by atoms with E-state index in [4.69, 9.17) is 18.9 Å². The topological polar surface area (TPSA) is 78.4 Å². The Kier molecular flexibility index (Phi) is 6.14. The van der Waals surface area contributed by atoms with Gasteiger partial charge in [-0.3, -0.25) is 4.79 Å². The summed E-state index contributed by atoms with van der Waals surface area (Å²) in [4.78, 5) is 12.1. The molecule has 0 unspecified atom stereocenters. The summed E-state index contributed by atoms with van der Waals surface area (Å²) in [6.45, 7) is 5.13. The molecule has 0 aromatic heterocycles. The minimum absolute atomic E-state index is 0.196. The molecule has 0 saturated heterocycles. The second-order valence-corrected chi connectivity index (χ2v) is 5.73. The number of carbonyl (C=O) groups excluding carboxylic acids is 1. The maximum Gasteiger partial charge on any atom is 0.244 e. The Balaban J connectivity index is 1.58. The van der Waals surface area contributed by atoms with Crippen molar-refractivity contribution >= 4 is 12.1 Å². The van der Waals surface area contributed by atoms with E-state index in [9.17, 15) is 4.79 Å². The lowest BCUT2D eigenvalue weighted by Gasteiger charge is -2.11. The van der Waals surface area contributed by atoms with Gasteiger partial charge in [0.25, 0.3) is 0 Å². The average molecular weight is 370 g/mol. The van der Waals surface area contributed by atoms with Crippen LogP contribution in [0.25, 0.3) is 0 Å². The van der Waals surface area contributed by atoms with Gasteiger partial charge in [-0.1, -0.05) is 6.07 Å². The molecule has 1 aliphatic heterocycles. The van der Waals surface area contributed by atoms with Gasteiger partial charge in [-0.15, -0.1) is 0 Å². The molecule has 1 amide bonds. The van der Waals surface area contributed by atoms with Gasteiger partial charge in [-0.25, -0.2) is 5.43 Å². The van der Waals surface area contributed by atoms with E-state index in [2.05, 4.69) is 10.5 Å². The van der Waals surface area contributed by atoms with Crippen LogP contribution in [-0.4, -0.2) is 32.1 Å². The van der Waals surface area contributed by atoms with Gasteiger partial charge in [0.2, 0.25) is 12.7 Å². The molecular formula is C20H22N2O5. The van der Waals surface area contributed by atoms with Gasteiger partial charge in [0.15, 0.2) is 23.0 Å². The number of hydrazone groups is 1. The maximum absolute atomic E-state index is 12.1. The Morgan fingerprint density at radius 1 is 1.07 bits per heavy atom.